The molecule has 1 aliphatic rings. The minimum atomic E-state index is -2.51. The van der Waals surface area contributed by atoms with Crippen molar-refractivity contribution < 1.29 is 18.1 Å². The summed E-state index contributed by atoms with van der Waals surface area (Å²) in [5.74, 6) is -1.37. The summed E-state index contributed by atoms with van der Waals surface area (Å²) in [6.45, 7) is 8.51. The van der Waals surface area contributed by atoms with Gasteiger partial charge in [0.15, 0.2) is 0 Å². The van der Waals surface area contributed by atoms with Crippen LogP contribution in [0.4, 0.5) is 8.78 Å². The summed E-state index contributed by atoms with van der Waals surface area (Å²) in [7, 11) is 0. The van der Waals surface area contributed by atoms with Gasteiger partial charge in [-0.15, -0.1) is 0 Å². The molecule has 0 unspecified atom stereocenters. The van der Waals surface area contributed by atoms with Crippen molar-refractivity contribution in [2.24, 2.45) is 16.2 Å². The standard InChI is InChI=1S/C12H14F2N2O2S.C4H10/c1-8(16-19-17)10-2-3-11(15-6-10)18-7-9-4-12(13,14)5-9;1-4(2)3/h2-3,6,9,17H,4-5,7H2,1H3;4H,1-3H3/b16-8+;. The van der Waals surface area contributed by atoms with Gasteiger partial charge in [-0.05, 0) is 18.9 Å². The van der Waals surface area contributed by atoms with Gasteiger partial charge in [-0.2, -0.15) is 4.40 Å². The van der Waals surface area contributed by atoms with Gasteiger partial charge in [-0.1, -0.05) is 20.8 Å². The highest BCUT2D eigenvalue weighted by atomic mass is 32.2. The Morgan fingerprint density at radius 2 is 2.04 bits per heavy atom. The molecule has 1 aromatic rings. The van der Waals surface area contributed by atoms with Gasteiger partial charge in [-0.3, -0.25) is 0 Å². The van der Waals surface area contributed by atoms with Crippen LogP contribution in [0, 0.1) is 11.8 Å². The van der Waals surface area contributed by atoms with Crippen molar-refractivity contribution in [2.45, 2.75) is 46.5 Å². The number of pyridine rings is 1. The molecule has 0 aliphatic heterocycles. The fourth-order valence-corrected chi connectivity index (χ4v) is 2.13. The summed E-state index contributed by atoms with van der Waals surface area (Å²) in [6, 6.07) is 3.42. The first-order valence-electron chi connectivity index (χ1n) is 7.55. The zero-order valence-electron chi connectivity index (χ0n) is 13.9. The number of hydrogen-bond donors (Lipinski definition) is 1. The quantitative estimate of drug-likeness (QED) is 0.458. The average molecular weight is 346 g/mol. The van der Waals surface area contributed by atoms with Gasteiger partial charge in [0, 0.05) is 36.6 Å². The Bertz CT molecular complexity index is 497. The van der Waals surface area contributed by atoms with Crippen LogP contribution in [0.1, 0.15) is 46.1 Å². The Balaban J connectivity index is 0.000000593. The third-order valence-electron chi connectivity index (χ3n) is 2.97. The van der Waals surface area contributed by atoms with E-state index in [1.165, 1.54) is 0 Å². The first kappa shape index (κ1) is 19.8. The Kier molecular flexibility index (Phi) is 7.91. The molecule has 1 N–H and O–H groups in total. The fraction of sp³-hybridized carbons (Fsp3) is 0.625. The van der Waals surface area contributed by atoms with Crippen LogP contribution in [-0.4, -0.2) is 27.8 Å². The van der Waals surface area contributed by atoms with E-state index in [4.69, 9.17) is 9.29 Å². The van der Waals surface area contributed by atoms with Gasteiger partial charge < -0.3 is 9.29 Å². The molecule has 7 heteroatoms. The van der Waals surface area contributed by atoms with Crippen LogP contribution >= 0.6 is 12.2 Å². The first-order valence-corrected chi connectivity index (χ1v) is 8.28. The second-order valence-corrected chi connectivity index (χ2v) is 6.66. The van der Waals surface area contributed by atoms with Crippen LogP contribution in [0.15, 0.2) is 22.7 Å². The maximum absolute atomic E-state index is 12.6. The molecule has 0 aromatic carbocycles. The second-order valence-electron chi connectivity index (χ2n) is 6.32. The normalized spacial score (nSPS) is 17.3. The zero-order valence-corrected chi connectivity index (χ0v) is 14.7. The summed E-state index contributed by atoms with van der Waals surface area (Å²) in [5.41, 5.74) is 1.41. The van der Waals surface area contributed by atoms with Gasteiger partial charge in [-0.25, -0.2) is 13.8 Å². The molecule has 0 amide bonds. The highest BCUT2D eigenvalue weighted by Gasteiger charge is 2.45. The molecule has 1 aromatic heterocycles. The lowest BCUT2D eigenvalue weighted by Gasteiger charge is -2.34. The van der Waals surface area contributed by atoms with E-state index in [1.807, 2.05) is 0 Å². The van der Waals surface area contributed by atoms with Crippen molar-refractivity contribution in [1.29, 1.82) is 0 Å². The third kappa shape index (κ3) is 7.74. The van der Waals surface area contributed by atoms with Crippen molar-refractivity contribution in [1.82, 2.24) is 4.98 Å². The Morgan fingerprint density at radius 3 is 2.48 bits per heavy atom. The fourth-order valence-electron chi connectivity index (χ4n) is 1.90. The zero-order chi connectivity index (χ0) is 17.5. The van der Waals surface area contributed by atoms with Crippen molar-refractivity contribution in [3.05, 3.63) is 23.9 Å². The molecule has 0 atom stereocenters. The van der Waals surface area contributed by atoms with E-state index >= 15 is 0 Å². The highest BCUT2D eigenvalue weighted by molar-refractivity contribution is 7.92. The van der Waals surface area contributed by atoms with Gasteiger partial charge in [0.25, 0.3) is 0 Å². The molecule has 0 saturated heterocycles. The minimum absolute atomic E-state index is 0.0921. The summed E-state index contributed by atoms with van der Waals surface area (Å²) in [5, 5.41) is 0. The van der Waals surface area contributed by atoms with Crippen LogP contribution in [0.3, 0.4) is 0 Å². The van der Waals surface area contributed by atoms with E-state index in [-0.39, 0.29) is 25.4 Å². The van der Waals surface area contributed by atoms with E-state index in [2.05, 4.69) is 30.2 Å². The van der Waals surface area contributed by atoms with E-state index < -0.39 is 5.92 Å². The average Bonchev–Trinajstić information content (AvgIpc) is 2.43. The number of hydrogen-bond acceptors (Lipinski definition) is 5. The van der Waals surface area contributed by atoms with Crippen LogP contribution in [-0.2, 0) is 0 Å². The number of alkyl halides is 2. The maximum Gasteiger partial charge on any atom is 0.248 e. The molecular weight excluding hydrogens is 322 g/mol. The molecule has 1 fully saturated rings. The van der Waals surface area contributed by atoms with Gasteiger partial charge in [0.05, 0.1) is 12.3 Å². The lowest BCUT2D eigenvalue weighted by molar-refractivity contribution is -0.119. The molecule has 1 aliphatic carbocycles. The number of rotatable bonds is 5. The van der Waals surface area contributed by atoms with E-state index in [9.17, 15) is 8.78 Å². The van der Waals surface area contributed by atoms with E-state index in [1.54, 1.807) is 25.3 Å². The highest BCUT2D eigenvalue weighted by Crippen LogP contribution is 2.42. The molecular formula is C16H24F2N2O2S. The number of ether oxygens (including phenoxy) is 1. The first-order chi connectivity index (χ1) is 10.7. The summed E-state index contributed by atoms with van der Waals surface area (Å²) in [6.07, 6.45) is 1.36. The van der Waals surface area contributed by atoms with Crippen molar-refractivity contribution >= 4 is 17.9 Å². The second kappa shape index (κ2) is 9.17. The van der Waals surface area contributed by atoms with E-state index in [0.29, 0.717) is 23.8 Å². The SMILES string of the molecule is C/C(=N\SO)c1ccc(OCC2CC(F)(F)C2)nc1.CC(C)C. The summed E-state index contributed by atoms with van der Waals surface area (Å²) >= 11 is 0.391. The number of halogens is 2. The lowest BCUT2D eigenvalue weighted by Crippen LogP contribution is -2.38. The molecule has 4 nitrogen and oxygen atoms in total. The molecule has 0 radical (unpaired) electrons. The molecule has 0 bridgehead atoms. The lowest BCUT2D eigenvalue weighted by atomic mass is 9.82. The molecule has 0 spiro atoms. The minimum Gasteiger partial charge on any atom is -0.477 e. The maximum atomic E-state index is 12.6. The van der Waals surface area contributed by atoms with Gasteiger partial charge in [0.2, 0.25) is 11.8 Å². The van der Waals surface area contributed by atoms with Crippen LogP contribution in [0.2, 0.25) is 0 Å². The van der Waals surface area contributed by atoms with Crippen molar-refractivity contribution in [3.8, 4) is 5.88 Å². The molecule has 1 saturated carbocycles. The smallest absolute Gasteiger partial charge is 0.248 e. The van der Waals surface area contributed by atoms with Crippen molar-refractivity contribution in [2.75, 3.05) is 6.61 Å². The number of aromatic nitrogens is 1. The number of nitrogens with zero attached hydrogens (tertiary/aromatic N) is 2. The van der Waals surface area contributed by atoms with Crippen LogP contribution in [0.25, 0.3) is 0 Å². The summed E-state index contributed by atoms with van der Waals surface area (Å²) < 4.78 is 43.0. The topological polar surface area (TPSA) is 54.7 Å². The molecule has 1 heterocycles. The monoisotopic (exact) mass is 346 g/mol. The Hall–Kier alpha value is -1.21. The van der Waals surface area contributed by atoms with Crippen LogP contribution < -0.4 is 4.74 Å². The largest absolute Gasteiger partial charge is 0.477 e. The van der Waals surface area contributed by atoms with Crippen molar-refractivity contribution in [3.63, 3.8) is 0 Å². The van der Waals surface area contributed by atoms with E-state index in [0.717, 1.165) is 11.5 Å². The van der Waals surface area contributed by atoms with Gasteiger partial charge >= 0.3 is 0 Å². The predicted molar refractivity (Wildman–Crippen MR) is 90.3 cm³/mol. The van der Waals surface area contributed by atoms with Gasteiger partial charge in [0.1, 0.15) is 12.2 Å². The summed E-state index contributed by atoms with van der Waals surface area (Å²) in [4.78, 5) is 4.07. The predicted octanol–water partition coefficient (Wildman–Crippen LogP) is 5.10. The van der Waals surface area contributed by atoms with Crippen LogP contribution in [0.5, 0.6) is 5.88 Å². The Labute approximate surface area is 140 Å². The molecule has 130 valence electrons. The third-order valence-corrected chi connectivity index (χ3v) is 3.33. The Morgan fingerprint density at radius 1 is 1.43 bits per heavy atom. The molecule has 2 rings (SSSR count). The molecule has 23 heavy (non-hydrogen) atoms.